The molecule has 4 nitrogen and oxygen atoms in total. The van der Waals surface area contributed by atoms with Crippen molar-refractivity contribution in [2.75, 3.05) is 16.8 Å². The predicted octanol–water partition coefficient (Wildman–Crippen LogP) is 4.26. The second-order valence-electron chi connectivity index (χ2n) is 6.65. The molecule has 25 heavy (non-hydrogen) atoms. The van der Waals surface area contributed by atoms with Gasteiger partial charge in [-0.15, -0.1) is 0 Å². The van der Waals surface area contributed by atoms with E-state index in [1.54, 1.807) is 23.1 Å². The van der Waals surface area contributed by atoms with Crippen LogP contribution in [0.2, 0.25) is 5.02 Å². The van der Waals surface area contributed by atoms with Crippen molar-refractivity contribution in [3.05, 3.63) is 58.1 Å². The lowest BCUT2D eigenvalue weighted by molar-refractivity contribution is -0.122. The number of aryl methyl sites for hydroxylation is 3. The summed E-state index contributed by atoms with van der Waals surface area (Å²) in [7, 11) is 0. The summed E-state index contributed by atoms with van der Waals surface area (Å²) in [4.78, 5) is 26.6. The van der Waals surface area contributed by atoms with Crippen LogP contribution in [-0.4, -0.2) is 18.4 Å². The lowest BCUT2D eigenvalue weighted by Gasteiger charge is -2.18. The highest BCUT2D eigenvalue weighted by Gasteiger charge is 2.35. The van der Waals surface area contributed by atoms with E-state index in [0.717, 1.165) is 28.1 Å². The van der Waals surface area contributed by atoms with Crippen LogP contribution < -0.4 is 10.2 Å². The number of anilines is 2. The van der Waals surface area contributed by atoms with E-state index < -0.39 is 0 Å². The Labute approximate surface area is 152 Å². The van der Waals surface area contributed by atoms with Crippen molar-refractivity contribution in [1.82, 2.24) is 0 Å². The first kappa shape index (κ1) is 17.5. The van der Waals surface area contributed by atoms with E-state index in [9.17, 15) is 9.59 Å². The Hall–Kier alpha value is -2.33. The fourth-order valence-corrected chi connectivity index (χ4v) is 3.56. The molecule has 1 aliphatic heterocycles. The highest BCUT2D eigenvalue weighted by atomic mass is 35.5. The van der Waals surface area contributed by atoms with Crippen LogP contribution in [0.5, 0.6) is 0 Å². The third-order valence-corrected chi connectivity index (χ3v) is 4.78. The van der Waals surface area contributed by atoms with Gasteiger partial charge in [0, 0.05) is 29.4 Å². The van der Waals surface area contributed by atoms with E-state index in [1.807, 2.05) is 39.0 Å². The van der Waals surface area contributed by atoms with Gasteiger partial charge in [-0.25, -0.2) is 0 Å². The van der Waals surface area contributed by atoms with Crippen LogP contribution in [-0.2, 0) is 9.59 Å². The fraction of sp³-hybridized carbons (Fsp3) is 0.300. The van der Waals surface area contributed by atoms with Crippen molar-refractivity contribution in [2.45, 2.75) is 27.2 Å². The van der Waals surface area contributed by atoms with Crippen molar-refractivity contribution < 1.29 is 9.59 Å². The largest absolute Gasteiger partial charge is 0.325 e. The number of nitrogens with one attached hydrogen (secondary N) is 1. The summed E-state index contributed by atoms with van der Waals surface area (Å²) in [5.41, 5.74) is 4.79. The van der Waals surface area contributed by atoms with Crippen molar-refractivity contribution in [2.24, 2.45) is 5.92 Å². The second kappa shape index (κ2) is 6.89. The molecule has 130 valence electrons. The van der Waals surface area contributed by atoms with Crippen molar-refractivity contribution in [1.29, 1.82) is 0 Å². The van der Waals surface area contributed by atoms with Crippen LogP contribution in [0.1, 0.15) is 23.1 Å². The Morgan fingerprint density at radius 1 is 1.16 bits per heavy atom. The molecular weight excluding hydrogens is 336 g/mol. The first-order chi connectivity index (χ1) is 11.8. The summed E-state index contributed by atoms with van der Waals surface area (Å²) in [6.45, 7) is 6.36. The van der Waals surface area contributed by atoms with E-state index >= 15 is 0 Å². The van der Waals surface area contributed by atoms with E-state index in [2.05, 4.69) is 5.32 Å². The number of hydrogen-bond acceptors (Lipinski definition) is 2. The van der Waals surface area contributed by atoms with E-state index in [1.165, 1.54) is 0 Å². The molecule has 1 unspecified atom stereocenters. The molecule has 1 saturated heterocycles. The van der Waals surface area contributed by atoms with Crippen molar-refractivity contribution >= 4 is 34.8 Å². The Morgan fingerprint density at radius 3 is 2.48 bits per heavy atom. The standard InChI is InChI=1S/C20H21ClN2O2/c1-12-7-13(2)19(14(3)8-12)22-20(25)15-9-18(24)23(11-15)17-6-4-5-16(21)10-17/h4-8,10,15H,9,11H2,1-3H3,(H,22,25). The first-order valence-corrected chi connectivity index (χ1v) is 8.67. The average molecular weight is 357 g/mol. The SMILES string of the molecule is Cc1cc(C)c(NC(=O)C2CC(=O)N(c3cccc(Cl)c3)C2)c(C)c1. The molecule has 1 fully saturated rings. The number of rotatable bonds is 3. The zero-order valence-corrected chi connectivity index (χ0v) is 15.4. The van der Waals surface area contributed by atoms with Gasteiger partial charge >= 0.3 is 0 Å². The molecule has 1 N–H and O–H groups in total. The lowest BCUT2D eigenvalue weighted by Crippen LogP contribution is -2.28. The molecular formula is C20H21ClN2O2. The minimum atomic E-state index is -0.369. The van der Waals surface area contributed by atoms with Gasteiger partial charge in [0.05, 0.1) is 5.92 Å². The Kier molecular flexibility index (Phi) is 4.82. The van der Waals surface area contributed by atoms with Crippen LogP contribution in [0.25, 0.3) is 0 Å². The first-order valence-electron chi connectivity index (χ1n) is 8.30. The van der Waals surface area contributed by atoms with Crippen LogP contribution in [0.3, 0.4) is 0 Å². The van der Waals surface area contributed by atoms with Crippen LogP contribution in [0, 0.1) is 26.7 Å². The maximum absolute atomic E-state index is 12.7. The summed E-state index contributed by atoms with van der Waals surface area (Å²) < 4.78 is 0. The summed E-state index contributed by atoms with van der Waals surface area (Å²) in [6, 6.07) is 11.2. The topological polar surface area (TPSA) is 49.4 Å². The van der Waals surface area contributed by atoms with E-state index in [-0.39, 0.29) is 24.2 Å². The Morgan fingerprint density at radius 2 is 1.84 bits per heavy atom. The minimum absolute atomic E-state index is 0.0558. The van der Waals surface area contributed by atoms with Gasteiger partial charge in [-0.1, -0.05) is 35.4 Å². The molecule has 0 saturated carbocycles. The molecule has 0 radical (unpaired) electrons. The number of amides is 2. The van der Waals surface area contributed by atoms with Gasteiger partial charge in [0.25, 0.3) is 0 Å². The zero-order chi connectivity index (χ0) is 18.1. The third-order valence-electron chi connectivity index (χ3n) is 4.54. The van der Waals surface area contributed by atoms with Crippen LogP contribution >= 0.6 is 11.6 Å². The second-order valence-corrected chi connectivity index (χ2v) is 7.08. The molecule has 0 aliphatic carbocycles. The zero-order valence-electron chi connectivity index (χ0n) is 14.6. The number of nitrogens with zero attached hydrogens (tertiary/aromatic N) is 1. The quantitative estimate of drug-likeness (QED) is 0.893. The maximum atomic E-state index is 12.7. The molecule has 0 bridgehead atoms. The molecule has 3 rings (SSSR count). The predicted molar refractivity (Wildman–Crippen MR) is 101 cm³/mol. The molecule has 1 atom stereocenters. The average Bonchev–Trinajstić information content (AvgIpc) is 2.92. The van der Waals surface area contributed by atoms with Crippen LogP contribution in [0.4, 0.5) is 11.4 Å². The van der Waals surface area contributed by atoms with Gasteiger partial charge in [-0.05, 0) is 50.1 Å². The van der Waals surface area contributed by atoms with E-state index in [0.29, 0.717) is 11.6 Å². The Bertz CT molecular complexity index is 824. The van der Waals surface area contributed by atoms with Gasteiger partial charge in [-0.2, -0.15) is 0 Å². The third kappa shape index (κ3) is 3.69. The van der Waals surface area contributed by atoms with Crippen molar-refractivity contribution in [3.63, 3.8) is 0 Å². The number of carbonyl (C=O) groups excluding carboxylic acids is 2. The molecule has 0 spiro atoms. The van der Waals surface area contributed by atoms with Crippen molar-refractivity contribution in [3.8, 4) is 0 Å². The monoisotopic (exact) mass is 356 g/mol. The van der Waals surface area contributed by atoms with Crippen LogP contribution in [0.15, 0.2) is 36.4 Å². The van der Waals surface area contributed by atoms with Gasteiger partial charge in [0.15, 0.2) is 0 Å². The number of halogens is 1. The highest BCUT2D eigenvalue weighted by Crippen LogP contribution is 2.29. The summed E-state index contributed by atoms with van der Waals surface area (Å²) in [5.74, 6) is -0.542. The summed E-state index contributed by atoms with van der Waals surface area (Å²) >= 11 is 6.01. The molecule has 2 aromatic carbocycles. The molecule has 0 aromatic heterocycles. The molecule has 1 aliphatic rings. The summed E-state index contributed by atoms with van der Waals surface area (Å²) in [5, 5.41) is 3.58. The van der Waals surface area contributed by atoms with E-state index in [4.69, 9.17) is 11.6 Å². The molecule has 5 heteroatoms. The normalized spacial score (nSPS) is 17.0. The molecule has 2 amide bonds. The van der Waals surface area contributed by atoms with Gasteiger partial charge in [-0.3, -0.25) is 9.59 Å². The number of carbonyl (C=O) groups is 2. The van der Waals surface area contributed by atoms with Gasteiger partial charge < -0.3 is 10.2 Å². The Balaban J connectivity index is 1.75. The highest BCUT2D eigenvalue weighted by molar-refractivity contribution is 6.31. The number of benzene rings is 2. The minimum Gasteiger partial charge on any atom is -0.325 e. The maximum Gasteiger partial charge on any atom is 0.229 e. The fourth-order valence-electron chi connectivity index (χ4n) is 3.38. The summed E-state index contributed by atoms with van der Waals surface area (Å²) in [6.07, 6.45) is 0.211. The number of hydrogen-bond donors (Lipinski definition) is 1. The smallest absolute Gasteiger partial charge is 0.229 e. The van der Waals surface area contributed by atoms with Gasteiger partial charge in [0.2, 0.25) is 11.8 Å². The molecule has 2 aromatic rings. The lowest BCUT2D eigenvalue weighted by atomic mass is 10.0. The van der Waals surface area contributed by atoms with Gasteiger partial charge in [0.1, 0.15) is 0 Å². The molecule has 1 heterocycles.